The van der Waals surface area contributed by atoms with Gasteiger partial charge < -0.3 is 16.8 Å². The minimum Gasteiger partial charge on any atom is -0.442 e. The van der Waals surface area contributed by atoms with Gasteiger partial charge in [0, 0.05) is 7.11 Å². The van der Waals surface area contributed by atoms with E-state index in [-0.39, 0.29) is 0 Å². The van der Waals surface area contributed by atoms with E-state index in [0.717, 1.165) is 0 Å². The first-order chi connectivity index (χ1) is 7.04. The van der Waals surface area contributed by atoms with Crippen LogP contribution in [-0.2, 0) is 16.8 Å². The molecule has 0 spiro atoms. The molecule has 16 heavy (non-hydrogen) atoms. The molecule has 0 aliphatic rings. The summed E-state index contributed by atoms with van der Waals surface area (Å²) in [7, 11) is -4.86. The van der Waals surface area contributed by atoms with Gasteiger partial charge in [-0.25, -0.2) is 0 Å². The molecule has 8 heteroatoms. The third kappa shape index (κ3) is 7.12. The van der Waals surface area contributed by atoms with Gasteiger partial charge in [-0.1, -0.05) is 6.55 Å². The molecule has 98 valence electrons. The Kier molecular flexibility index (Phi) is 6.31. The van der Waals surface area contributed by atoms with Crippen molar-refractivity contribution in [2.75, 3.05) is 7.11 Å². The minimum absolute atomic E-state index is 0.423. The highest BCUT2D eigenvalue weighted by molar-refractivity contribution is 6.85. The van der Waals surface area contributed by atoms with Crippen LogP contribution in [0.15, 0.2) is 0 Å². The fourth-order valence-corrected chi connectivity index (χ4v) is 15.5. The molecule has 0 N–H and O–H groups in total. The van der Waals surface area contributed by atoms with E-state index < -0.39 is 35.4 Å². The van der Waals surface area contributed by atoms with Gasteiger partial charge in [0.15, 0.2) is 0 Å². The van der Waals surface area contributed by atoms with E-state index in [1.165, 1.54) is 0 Å². The maximum atomic E-state index is 6.13. The second kappa shape index (κ2) is 6.05. The summed E-state index contributed by atoms with van der Waals surface area (Å²) in [4.78, 5) is 0. The van der Waals surface area contributed by atoms with Gasteiger partial charge in [0.05, 0.1) is 0 Å². The van der Waals surface area contributed by atoms with Crippen molar-refractivity contribution < 1.29 is 16.8 Å². The summed E-state index contributed by atoms with van der Waals surface area (Å²) in [5, 5.41) is 0. The molecule has 0 heterocycles. The summed E-state index contributed by atoms with van der Waals surface area (Å²) in [6.07, 6.45) is 0. The Morgan fingerprint density at radius 1 is 0.750 bits per heavy atom. The quantitative estimate of drug-likeness (QED) is 0.673. The van der Waals surface area contributed by atoms with Gasteiger partial charge in [0.1, 0.15) is 9.76 Å². The second-order valence-corrected chi connectivity index (χ2v) is 17.2. The first-order valence-corrected chi connectivity index (χ1v) is 16.1. The molecule has 0 rings (SSSR count). The van der Waals surface area contributed by atoms with Crippen LogP contribution < -0.4 is 0 Å². The van der Waals surface area contributed by atoms with Gasteiger partial charge in [-0.15, -0.1) is 0 Å². The summed E-state index contributed by atoms with van der Waals surface area (Å²) < 4.78 is 23.4. The molecule has 0 aliphatic carbocycles. The first-order valence-electron chi connectivity index (χ1n) is 5.63. The average molecular weight is 299 g/mol. The maximum absolute atomic E-state index is 6.13. The smallest absolute Gasteiger partial charge is 0.322 e. The van der Waals surface area contributed by atoms with E-state index >= 15 is 0 Å². The van der Waals surface area contributed by atoms with Gasteiger partial charge in [-0.05, 0) is 39.3 Å². The molecule has 0 bridgehead atoms. The number of hydrogen-bond acceptors (Lipinski definition) is 4. The van der Waals surface area contributed by atoms with E-state index in [1.54, 1.807) is 7.11 Å². The minimum atomic E-state index is -2.14. The molecule has 0 amide bonds. The monoisotopic (exact) mass is 298 g/mol. The van der Waals surface area contributed by atoms with Gasteiger partial charge in [-0.2, -0.15) is 0 Å². The van der Waals surface area contributed by atoms with Crippen LogP contribution in [0.25, 0.3) is 0 Å². The first kappa shape index (κ1) is 16.7. The fraction of sp³-hybridized carbons (Fsp3) is 1.00. The van der Waals surface area contributed by atoms with Crippen LogP contribution in [-0.4, -0.2) is 42.6 Å². The molecular formula is C8H26O4Si4. The highest BCUT2D eigenvalue weighted by atomic mass is 28.5. The van der Waals surface area contributed by atoms with Crippen LogP contribution in [0, 0.1) is 0 Å². The van der Waals surface area contributed by atoms with Gasteiger partial charge in [0.2, 0.25) is 0 Å². The third-order valence-corrected chi connectivity index (χ3v) is 14.8. The zero-order valence-corrected chi connectivity index (χ0v) is 16.3. The highest BCUT2D eigenvalue weighted by Crippen LogP contribution is 2.20. The van der Waals surface area contributed by atoms with Crippen molar-refractivity contribution in [3.05, 3.63) is 0 Å². The van der Waals surface area contributed by atoms with Crippen LogP contribution >= 0.6 is 0 Å². The molecule has 0 unspecified atom stereocenters. The van der Waals surface area contributed by atoms with Crippen molar-refractivity contribution in [3.8, 4) is 0 Å². The molecular weight excluding hydrogens is 272 g/mol. The Labute approximate surface area is 105 Å². The number of rotatable bonds is 7. The van der Waals surface area contributed by atoms with Crippen molar-refractivity contribution in [2.45, 2.75) is 45.8 Å². The molecule has 0 aliphatic heterocycles. The summed E-state index contributed by atoms with van der Waals surface area (Å²) in [5.41, 5.74) is 0. The summed E-state index contributed by atoms with van der Waals surface area (Å²) >= 11 is 0. The Morgan fingerprint density at radius 2 is 1.19 bits per heavy atom. The van der Waals surface area contributed by atoms with Crippen molar-refractivity contribution in [3.63, 3.8) is 0 Å². The average Bonchev–Trinajstić information content (AvgIpc) is 1.99. The third-order valence-electron chi connectivity index (χ3n) is 1.97. The molecule has 0 fully saturated rings. The standard InChI is InChI=1S/C8H26O4Si4/c1-9-14(3,4)11-16(7,8)12-15(5,6)10-13-2/h13H2,1-8H3. The van der Waals surface area contributed by atoms with Crippen LogP contribution in [0.4, 0.5) is 0 Å². The molecule has 0 aromatic rings. The van der Waals surface area contributed by atoms with Gasteiger partial charge in [0.25, 0.3) is 0 Å². The zero-order valence-electron chi connectivity index (χ0n) is 11.8. The van der Waals surface area contributed by atoms with Crippen molar-refractivity contribution in [2.24, 2.45) is 0 Å². The predicted octanol–water partition coefficient (Wildman–Crippen LogP) is 1.92. The van der Waals surface area contributed by atoms with Crippen molar-refractivity contribution in [1.82, 2.24) is 0 Å². The maximum Gasteiger partial charge on any atom is 0.322 e. The molecule has 0 radical (unpaired) electrons. The Bertz CT molecular complexity index is 220. The largest absolute Gasteiger partial charge is 0.442 e. The van der Waals surface area contributed by atoms with Crippen LogP contribution in [0.2, 0.25) is 45.8 Å². The SMILES string of the molecule is CO[Si](C)(C)O[Si](C)(C)O[Si](C)(C)O[SiH2]C. The number of hydrogen-bond donors (Lipinski definition) is 0. The molecule has 4 nitrogen and oxygen atoms in total. The Hall–Kier alpha value is 0.708. The summed E-state index contributed by atoms with van der Waals surface area (Å²) in [6, 6.07) is 0. The molecule has 0 atom stereocenters. The van der Waals surface area contributed by atoms with E-state index in [1.807, 2.05) is 13.1 Å². The lowest BCUT2D eigenvalue weighted by molar-refractivity contribution is 0.268. The molecule has 0 aromatic heterocycles. The van der Waals surface area contributed by atoms with Gasteiger partial charge >= 0.3 is 25.7 Å². The second-order valence-electron chi connectivity index (χ2n) is 5.04. The van der Waals surface area contributed by atoms with Crippen molar-refractivity contribution >= 4 is 35.4 Å². The molecule has 0 saturated heterocycles. The molecule has 0 saturated carbocycles. The van der Waals surface area contributed by atoms with Gasteiger partial charge in [-0.3, -0.25) is 0 Å². The predicted molar refractivity (Wildman–Crippen MR) is 77.1 cm³/mol. The normalized spacial score (nSPS) is 15.0. The lowest BCUT2D eigenvalue weighted by atomic mass is 11.8. The zero-order chi connectivity index (χ0) is 13.0. The fourth-order valence-electron chi connectivity index (χ4n) is 1.62. The topological polar surface area (TPSA) is 36.9 Å². The Balaban J connectivity index is 4.45. The van der Waals surface area contributed by atoms with Crippen LogP contribution in [0.3, 0.4) is 0 Å². The van der Waals surface area contributed by atoms with E-state index in [2.05, 4.69) is 32.7 Å². The van der Waals surface area contributed by atoms with E-state index in [4.69, 9.17) is 16.8 Å². The van der Waals surface area contributed by atoms with Crippen LogP contribution in [0.5, 0.6) is 0 Å². The highest BCUT2D eigenvalue weighted by Gasteiger charge is 2.40. The lowest BCUT2D eigenvalue weighted by Crippen LogP contribution is -2.54. The van der Waals surface area contributed by atoms with E-state index in [0.29, 0.717) is 0 Å². The molecule has 0 aromatic carbocycles. The van der Waals surface area contributed by atoms with Crippen molar-refractivity contribution in [1.29, 1.82) is 0 Å². The summed E-state index contributed by atoms with van der Waals surface area (Å²) in [6.45, 7) is 14.5. The summed E-state index contributed by atoms with van der Waals surface area (Å²) in [5.74, 6) is 0. The Morgan fingerprint density at radius 3 is 1.56 bits per heavy atom. The lowest BCUT2D eigenvalue weighted by Gasteiger charge is -2.37. The van der Waals surface area contributed by atoms with E-state index in [9.17, 15) is 0 Å². The van der Waals surface area contributed by atoms with Crippen LogP contribution in [0.1, 0.15) is 0 Å².